The second kappa shape index (κ2) is 5.78. The number of hydrogen-bond donors (Lipinski definition) is 1. The van der Waals surface area contributed by atoms with Gasteiger partial charge in [-0.2, -0.15) is 0 Å². The molecule has 17 heavy (non-hydrogen) atoms. The molecule has 1 N–H and O–H groups in total. The standard InChI is InChI=1S/C13H17ClN2S/c1-9(2)12-6-7-17-13(16-12)15-11-5-3-4-10(14)8-11/h3-5,8-9,12H,6-7H2,1-2H3,(H,15,16). The molecule has 2 rings (SSSR count). The van der Waals surface area contributed by atoms with Crippen LogP contribution in [-0.2, 0) is 0 Å². The van der Waals surface area contributed by atoms with E-state index < -0.39 is 0 Å². The number of amidine groups is 1. The number of nitrogens with zero attached hydrogens (tertiary/aromatic N) is 1. The van der Waals surface area contributed by atoms with Gasteiger partial charge in [0.15, 0.2) is 5.17 Å². The smallest absolute Gasteiger partial charge is 0.161 e. The molecule has 1 aromatic carbocycles. The summed E-state index contributed by atoms with van der Waals surface area (Å²) in [6.07, 6.45) is 1.17. The Hall–Kier alpha value is -0.670. The fraction of sp³-hybridized carbons (Fsp3) is 0.462. The van der Waals surface area contributed by atoms with Crippen molar-refractivity contribution in [1.82, 2.24) is 0 Å². The first-order valence-corrected chi connectivity index (χ1v) is 7.24. The van der Waals surface area contributed by atoms with Gasteiger partial charge in [0.1, 0.15) is 0 Å². The van der Waals surface area contributed by atoms with Crippen molar-refractivity contribution < 1.29 is 0 Å². The molecule has 0 fully saturated rings. The molecule has 0 saturated heterocycles. The van der Waals surface area contributed by atoms with Crippen LogP contribution in [0, 0.1) is 5.92 Å². The Bertz CT molecular complexity index is 418. The van der Waals surface area contributed by atoms with Crippen molar-refractivity contribution in [3.63, 3.8) is 0 Å². The Labute approximate surface area is 112 Å². The first-order valence-electron chi connectivity index (χ1n) is 5.88. The van der Waals surface area contributed by atoms with Gasteiger partial charge >= 0.3 is 0 Å². The van der Waals surface area contributed by atoms with Crippen LogP contribution in [0.1, 0.15) is 20.3 Å². The molecule has 4 heteroatoms. The fourth-order valence-corrected chi connectivity index (χ4v) is 2.91. The number of rotatable bonds is 2. The quantitative estimate of drug-likeness (QED) is 0.866. The van der Waals surface area contributed by atoms with Crippen LogP contribution in [0.5, 0.6) is 0 Å². The van der Waals surface area contributed by atoms with E-state index in [0.29, 0.717) is 12.0 Å². The summed E-state index contributed by atoms with van der Waals surface area (Å²) in [5.41, 5.74) is 1.01. The predicted molar refractivity (Wildman–Crippen MR) is 78.2 cm³/mol. The summed E-state index contributed by atoms with van der Waals surface area (Å²) in [4.78, 5) is 4.73. The normalized spacial score (nSPS) is 20.2. The Kier molecular flexibility index (Phi) is 4.35. The van der Waals surface area contributed by atoms with Crippen LogP contribution in [0.3, 0.4) is 0 Å². The number of hydrogen-bond acceptors (Lipinski definition) is 3. The highest BCUT2D eigenvalue weighted by Crippen LogP contribution is 2.24. The van der Waals surface area contributed by atoms with Gasteiger partial charge in [0.2, 0.25) is 0 Å². The summed E-state index contributed by atoms with van der Waals surface area (Å²) < 4.78 is 0. The van der Waals surface area contributed by atoms with Gasteiger partial charge in [-0.1, -0.05) is 43.3 Å². The van der Waals surface area contributed by atoms with Gasteiger partial charge in [0, 0.05) is 16.5 Å². The summed E-state index contributed by atoms with van der Waals surface area (Å²) in [7, 11) is 0. The third-order valence-electron chi connectivity index (χ3n) is 2.78. The lowest BCUT2D eigenvalue weighted by Crippen LogP contribution is -2.23. The van der Waals surface area contributed by atoms with Gasteiger partial charge < -0.3 is 5.32 Å². The van der Waals surface area contributed by atoms with Crippen molar-refractivity contribution in [3.8, 4) is 0 Å². The van der Waals surface area contributed by atoms with Crippen molar-refractivity contribution in [3.05, 3.63) is 29.3 Å². The third-order valence-corrected chi connectivity index (χ3v) is 3.94. The number of thioether (sulfide) groups is 1. The van der Waals surface area contributed by atoms with Gasteiger partial charge in [0.05, 0.1) is 6.04 Å². The number of aliphatic imine (C=N–C) groups is 1. The second-order valence-corrected chi connectivity index (χ2v) is 6.04. The van der Waals surface area contributed by atoms with Gasteiger partial charge in [0.25, 0.3) is 0 Å². The molecule has 0 aliphatic carbocycles. The van der Waals surface area contributed by atoms with E-state index in [9.17, 15) is 0 Å². The minimum Gasteiger partial charge on any atom is -0.335 e. The molecule has 1 aliphatic heterocycles. The van der Waals surface area contributed by atoms with Crippen LogP contribution in [0.25, 0.3) is 0 Å². The molecule has 1 aliphatic rings. The molecule has 1 aromatic rings. The SMILES string of the molecule is CC(C)C1CCSC(Nc2cccc(Cl)c2)=N1. The van der Waals surface area contributed by atoms with Crippen LogP contribution in [0.2, 0.25) is 5.02 Å². The van der Waals surface area contributed by atoms with Gasteiger partial charge in [-0.25, -0.2) is 0 Å². The molecule has 0 radical (unpaired) electrons. The van der Waals surface area contributed by atoms with Gasteiger partial charge in [-0.05, 0) is 30.5 Å². The largest absolute Gasteiger partial charge is 0.335 e. The molecule has 2 nitrogen and oxygen atoms in total. The van der Waals surface area contributed by atoms with E-state index in [1.807, 2.05) is 24.3 Å². The lowest BCUT2D eigenvalue weighted by Gasteiger charge is -2.23. The Balaban J connectivity index is 2.08. The third kappa shape index (κ3) is 3.65. The zero-order valence-electron chi connectivity index (χ0n) is 10.1. The number of halogens is 1. The highest BCUT2D eigenvalue weighted by atomic mass is 35.5. The highest BCUT2D eigenvalue weighted by molar-refractivity contribution is 8.14. The zero-order valence-corrected chi connectivity index (χ0v) is 11.7. The average Bonchev–Trinajstić information content (AvgIpc) is 2.29. The molecule has 92 valence electrons. The molecule has 1 unspecified atom stereocenters. The summed E-state index contributed by atoms with van der Waals surface area (Å²) in [5.74, 6) is 1.74. The minimum atomic E-state index is 0.443. The van der Waals surface area contributed by atoms with E-state index in [1.54, 1.807) is 11.8 Å². The first kappa shape index (κ1) is 12.8. The van der Waals surface area contributed by atoms with Crippen molar-refractivity contribution in [2.45, 2.75) is 26.3 Å². The van der Waals surface area contributed by atoms with Crippen molar-refractivity contribution in [2.24, 2.45) is 10.9 Å². The Morgan fingerprint density at radius 3 is 3.00 bits per heavy atom. The van der Waals surface area contributed by atoms with Gasteiger partial charge in [-0.3, -0.25) is 4.99 Å². The monoisotopic (exact) mass is 268 g/mol. The van der Waals surface area contributed by atoms with Crippen LogP contribution in [0.15, 0.2) is 29.3 Å². The summed E-state index contributed by atoms with van der Waals surface area (Å²) in [6, 6.07) is 8.19. The average molecular weight is 269 g/mol. The van der Waals surface area contributed by atoms with Crippen molar-refractivity contribution >= 4 is 34.2 Å². The van der Waals surface area contributed by atoms with Crippen LogP contribution < -0.4 is 5.32 Å². The summed E-state index contributed by atoms with van der Waals surface area (Å²) in [5, 5.41) is 5.09. The maximum Gasteiger partial charge on any atom is 0.161 e. The molecule has 0 bridgehead atoms. The van der Waals surface area contributed by atoms with Crippen LogP contribution in [0.4, 0.5) is 5.69 Å². The highest BCUT2D eigenvalue weighted by Gasteiger charge is 2.18. The topological polar surface area (TPSA) is 24.4 Å². The van der Waals surface area contributed by atoms with Crippen molar-refractivity contribution in [1.29, 1.82) is 0 Å². The molecule has 0 amide bonds. The zero-order chi connectivity index (χ0) is 12.3. The molecule has 1 atom stereocenters. The van der Waals surface area contributed by atoms with Crippen LogP contribution >= 0.6 is 23.4 Å². The molecule has 1 heterocycles. The summed E-state index contributed by atoms with van der Waals surface area (Å²) in [6.45, 7) is 4.45. The Morgan fingerprint density at radius 1 is 1.47 bits per heavy atom. The second-order valence-electron chi connectivity index (χ2n) is 4.52. The van der Waals surface area contributed by atoms with Crippen molar-refractivity contribution in [2.75, 3.05) is 11.1 Å². The molecular weight excluding hydrogens is 252 g/mol. The maximum absolute atomic E-state index is 5.95. The van der Waals surface area contributed by atoms with E-state index in [2.05, 4.69) is 19.2 Å². The number of anilines is 1. The molecule has 0 saturated carbocycles. The maximum atomic E-state index is 5.95. The fourth-order valence-electron chi connectivity index (χ4n) is 1.77. The van der Waals surface area contributed by atoms with Gasteiger partial charge in [-0.15, -0.1) is 0 Å². The van der Waals surface area contributed by atoms with E-state index in [-0.39, 0.29) is 0 Å². The molecule has 0 spiro atoms. The van der Waals surface area contributed by atoms with E-state index in [1.165, 1.54) is 6.42 Å². The van der Waals surface area contributed by atoms with E-state index in [0.717, 1.165) is 21.6 Å². The first-order chi connectivity index (χ1) is 8.15. The predicted octanol–water partition coefficient (Wildman–Crippen LogP) is 4.27. The summed E-state index contributed by atoms with van der Waals surface area (Å²) >= 11 is 7.74. The number of benzene rings is 1. The number of nitrogens with one attached hydrogen (secondary N) is 1. The van der Waals surface area contributed by atoms with Crippen LogP contribution in [-0.4, -0.2) is 17.0 Å². The molecule has 0 aromatic heterocycles. The minimum absolute atomic E-state index is 0.443. The lowest BCUT2D eigenvalue weighted by molar-refractivity contribution is 0.485. The Morgan fingerprint density at radius 2 is 2.29 bits per heavy atom. The van der Waals surface area contributed by atoms with E-state index >= 15 is 0 Å². The molecular formula is C13H17ClN2S. The van der Waals surface area contributed by atoms with E-state index in [4.69, 9.17) is 16.6 Å². The lowest BCUT2D eigenvalue weighted by atomic mass is 10.0.